The van der Waals surface area contributed by atoms with Crippen molar-refractivity contribution in [2.45, 2.75) is 39.8 Å². The maximum Gasteiger partial charge on any atom is 0.375 e. The van der Waals surface area contributed by atoms with Gasteiger partial charge < -0.3 is 18.8 Å². The smallest absolute Gasteiger partial charge is 0.375 e. The van der Waals surface area contributed by atoms with Crippen LogP contribution in [0.1, 0.15) is 41.1 Å². The molecule has 2 aromatic carbocycles. The van der Waals surface area contributed by atoms with Crippen molar-refractivity contribution in [3.63, 3.8) is 0 Å². The molecule has 0 spiro atoms. The molecule has 1 aliphatic heterocycles. The highest BCUT2D eigenvalue weighted by Gasteiger charge is 2.29. The zero-order valence-electron chi connectivity index (χ0n) is 17.4. The normalized spacial score (nSPS) is 14.3. The third-order valence-electron chi connectivity index (χ3n) is 5.48. The Morgan fingerprint density at radius 3 is 2.70 bits per heavy atom. The van der Waals surface area contributed by atoms with Crippen LogP contribution in [-0.2, 0) is 22.5 Å². The van der Waals surface area contributed by atoms with E-state index < -0.39 is 12.1 Å². The molecule has 4 rings (SSSR count). The number of carbonyl (C=O) groups excluding carboxylic acids is 2. The summed E-state index contributed by atoms with van der Waals surface area (Å²) in [5.41, 5.74) is 3.64. The first-order valence-corrected chi connectivity index (χ1v) is 10.2. The van der Waals surface area contributed by atoms with Gasteiger partial charge in [-0.15, -0.1) is 0 Å². The molecule has 0 aliphatic carbocycles. The second-order valence-corrected chi connectivity index (χ2v) is 7.47. The molecule has 0 radical (unpaired) electrons. The fourth-order valence-corrected chi connectivity index (χ4v) is 3.86. The molecule has 6 heteroatoms. The van der Waals surface area contributed by atoms with Crippen molar-refractivity contribution in [1.82, 2.24) is 4.90 Å². The average Bonchev–Trinajstić information content (AvgIpc) is 3.09. The van der Waals surface area contributed by atoms with Crippen molar-refractivity contribution in [2.75, 3.05) is 13.2 Å². The van der Waals surface area contributed by atoms with E-state index in [0.717, 1.165) is 17.4 Å². The van der Waals surface area contributed by atoms with Gasteiger partial charge in [0.05, 0.1) is 6.61 Å². The van der Waals surface area contributed by atoms with Crippen LogP contribution in [0.4, 0.5) is 0 Å². The summed E-state index contributed by atoms with van der Waals surface area (Å²) in [6.45, 7) is 7.01. The van der Waals surface area contributed by atoms with Crippen LogP contribution in [0.2, 0.25) is 0 Å². The SMILES string of the molecule is CCOc1ccc2oc(C(=O)O[C@@H](C)C(=O)N3CCc4ccccc4C3)c(C)c2c1. The maximum atomic E-state index is 12.8. The largest absolute Gasteiger partial charge is 0.494 e. The number of nitrogens with zero attached hydrogens (tertiary/aromatic N) is 1. The number of aryl methyl sites for hydroxylation is 1. The highest BCUT2D eigenvalue weighted by molar-refractivity contribution is 5.97. The summed E-state index contributed by atoms with van der Waals surface area (Å²) < 4.78 is 16.7. The van der Waals surface area contributed by atoms with Crippen LogP contribution >= 0.6 is 0 Å². The number of furan rings is 1. The Morgan fingerprint density at radius 2 is 1.93 bits per heavy atom. The van der Waals surface area contributed by atoms with Crippen molar-refractivity contribution in [1.29, 1.82) is 0 Å². The molecule has 156 valence electrons. The first-order valence-electron chi connectivity index (χ1n) is 10.2. The van der Waals surface area contributed by atoms with Crippen LogP contribution in [0.3, 0.4) is 0 Å². The zero-order chi connectivity index (χ0) is 21.3. The van der Waals surface area contributed by atoms with Gasteiger partial charge in [0.2, 0.25) is 5.76 Å². The zero-order valence-corrected chi connectivity index (χ0v) is 17.4. The quantitative estimate of drug-likeness (QED) is 0.591. The topological polar surface area (TPSA) is 69.0 Å². The molecule has 6 nitrogen and oxygen atoms in total. The van der Waals surface area contributed by atoms with Crippen molar-refractivity contribution < 1.29 is 23.5 Å². The summed E-state index contributed by atoms with van der Waals surface area (Å²) in [6, 6.07) is 13.5. The molecule has 3 aromatic rings. The van der Waals surface area contributed by atoms with Crippen molar-refractivity contribution in [3.8, 4) is 5.75 Å². The van der Waals surface area contributed by atoms with Crippen LogP contribution in [0.15, 0.2) is 46.9 Å². The minimum atomic E-state index is -0.894. The molecule has 1 aromatic heterocycles. The fraction of sp³-hybridized carbons (Fsp3) is 0.333. The molecule has 0 bridgehead atoms. The highest BCUT2D eigenvalue weighted by atomic mass is 16.6. The molecular formula is C24H25NO5. The molecular weight excluding hydrogens is 382 g/mol. The number of hydrogen-bond donors (Lipinski definition) is 0. The third-order valence-corrected chi connectivity index (χ3v) is 5.48. The van der Waals surface area contributed by atoms with Gasteiger partial charge in [-0.2, -0.15) is 0 Å². The van der Waals surface area contributed by atoms with E-state index in [9.17, 15) is 9.59 Å². The number of amides is 1. The summed E-state index contributed by atoms with van der Waals surface area (Å²) in [5, 5.41) is 0.791. The van der Waals surface area contributed by atoms with Gasteiger partial charge in [0.15, 0.2) is 6.10 Å². The van der Waals surface area contributed by atoms with E-state index in [1.807, 2.05) is 31.2 Å². The fourth-order valence-electron chi connectivity index (χ4n) is 3.86. The van der Waals surface area contributed by atoms with Crippen LogP contribution in [0, 0.1) is 6.92 Å². The number of carbonyl (C=O) groups is 2. The lowest BCUT2D eigenvalue weighted by Gasteiger charge is -2.30. The van der Waals surface area contributed by atoms with Crippen molar-refractivity contribution in [2.24, 2.45) is 0 Å². The van der Waals surface area contributed by atoms with E-state index in [1.54, 1.807) is 30.9 Å². The van der Waals surface area contributed by atoms with Gasteiger partial charge in [0.25, 0.3) is 5.91 Å². The van der Waals surface area contributed by atoms with Gasteiger partial charge >= 0.3 is 5.97 Å². The van der Waals surface area contributed by atoms with E-state index in [1.165, 1.54) is 5.56 Å². The molecule has 2 heterocycles. The summed E-state index contributed by atoms with van der Waals surface area (Å²) in [7, 11) is 0. The number of esters is 1. The van der Waals surface area contributed by atoms with E-state index >= 15 is 0 Å². The molecule has 0 unspecified atom stereocenters. The Morgan fingerprint density at radius 1 is 1.17 bits per heavy atom. The standard InChI is InChI=1S/C24H25NO5/c1-4-28-19-9-10-21-20(13-19)15(2)22(30-21)24(27)29-16(3)23(26)25-12-11-17-7-5-6-8-18(17)14-25/h5-10,13,16H,4,11-12,14H2,1-3H3/t16-/m0/s1. The molecule has 0 fully saturated rings. The van der Waals surface area contributed by atoms with Gasteiger partial charge in [0, 0.05) is 24.0 Å². The second-order valence-electron chi connectivity index (χ2n) is 7.47. The number of fused-ring (bicyclic) bond motifs is 2. The lowest BCUT2D eigenvalue weighted by atomic mass is 9.99. The predicted octanol–water partition coefficient (Wildman–Crippen LogP) is 4.27. The lowest BCUT2D eigenvalue weighted by Crippen LogP contribution is -2.42. The van der Waals surface area contributed by atoms with Crippen molar-refractivity contribution in [3.05, 3.63) is 64.9 Å². The van der Waals surface area contributed by atoms with E-state index in [4.69, 9.17) is 13.9 Å². The predicted molar refractivity (Wildman–Crippen MR) is 113 cm³/mol. The van der Waals surface area contributed by atoms with Gasteiger partial charge in [0.1, 0.15) is 11.3 Å². The van der Waals surface area contributed by atoms with Gasteiger partial charge in [-0.25, -0.2) is 4.79 Å². The second kappa shape index (κ2) is 8.22. The monoisotopic (exact) mass is 407 g/mol. The molecule has 0 N–H and O–H groups in total. The van der Waals surface area contributed by atoms with E-state index in [-0.39, 0.29) is 11.7 Å². The van der Waals surface area contributed by atoms with Crippen LogP contribution in [0.25, 0.3) is 11.0 Å². The Kier molecular flexibility index (Phi) is 5.48. The highest BCUT2D eigenvalue weighted by Crippen LogP contribution is 2.29. The number of hydrogen-bond acceptors (Lipinski definition) is 5. The number of rotatable bonds is 5. The maximum absolute atomic E-state index is 12.8. The minimum absolute atomic E-state index is 0.113. The molecule has 1 amide bonds. The molecule has 0 saturated heterocycles. The Bertz CT molecular complexity index is 1100. The Labute approximate surface area is 175 Å². The summed E-state index contributed by atoms with van der Waals surface area (Å²) in [4.78, 5) is 27.3. The van der Waals surface area contributed by atoms with Crippen molar-refractivity contribution >= 4 is 22.8 Å². The summed E-state index contributed by atoms with van der Waals surface area (Å²) in [5.74, 6) is -0.0183. The molecule has 1 atom stereocenters. The third kappa shape index (κ3) is 3.77. The van der Waals surface area contributed by atoms with E-state index in [0.29, 0.717) is 36.6 Å². The van der Waals surface area contributed by atoms with Crippen LogP contribution in [-0.4, -0.2) is 36.0 Å². The Balaban J connectivity index is 1.47. The van der Waals surface area contributed by atoms with Crippen LogP contribution < -0.4 is 4.74 Å². The molecule has 1 aliphatic rings. The molecule has 30 heavy (non-hydrogen) atoms. The number of benzene rings is 2. The first-order chi connectivity index (χ1) is 14.5. The number of ether oxygens (including phenoxy) is 2. The molecule has 0 saturated carbocycles. The van der Waals surface area contributed by atoms with Gasteiger partial charge in [-0.1, -0.05) is 24.3 Å². The van der Waals surface area contributed by atoms with Crippen LogP contribution in [0.5, 0.6) is 5.75 Å². The minimum Gasteiger partial charge on any atom is -0.494 e. The van der Waals surface area contributed by atoms with Gasteiger partial charge in [-0.05, 0) is 56.5 Å². The lowest BCUT2D eigenvalue weighted by molar-refractivity contribution is -0.140. The summed E-state index contributed by atoms with van der Waals surface area (Å²) in [6.07, 6.45) is -0.0951. The summed E-state index contributed by atoms with van der Waals surface area (Å²) >= 11 is 0. The Hall–Kier alpha value is -3.28. The van der Waals surface area contributed by atoms with Gasteiger partial charge in [-0.3, -0.25) is 4.79 Å². The average molecular weight is 407 g/mol. The first kappa shape index (κ1) is 20.0. The van der Waals surface area contributed by atoms with E-state index in [2.05, 4.69) is 6.07 Å².